The van der Waals surface area contributed by atoms with E-state index in [-0.39, 0.29) is 16.8 Å². The standard InChI is InChI=1S/C24H26N2O3S/c1-16-8-11-20(12-9-16)19(4)25-24(27)21-13-10-18(3)23(15-21)30(28,29)26-22-7-5-6-17(2)14-22/h5-15,19,26H,1-4H3,(H,25,27)/t19-/m0/s1. The molecule has 0 bridgehead atoms. The molecule has 3 aromatic carbocycles. The number of carbonyl (C=O) groups excluding carboxylic acids is 1. The van der Waals surface area contributed by atoms with E-state index in [1.54, 1.807) is 37.3 Å². The number of nitrogens with one attached hydrogen (secondary N) is 2. The summed E-state index contributed by atoms with van der Waals surface area (Å²) in [6.07, 6.45) is 0. The van der Waals surface area contributed by atoms with Crippen molar-refractivity contribution in [2.24, 2.45) is 0 Å². The molecule has 30 heavy (non-hydrogen) atoms. The van der Waals surface area contributed by atoms with Gasteiger partial charge < -0.3 is 5.32 Å². The van der Waals surface area contributed by atoms with E-state index < -0.39 is 10.0 Å². The van der Waals surface area contributed by atoms with Crippen LogP contribution in [0.25, 0.3) is 0 Å². The maximum Gasteiger partial charge on any atom is 0.262 e. The average molecular weight is 423 g/mol. The van der Waals surface area contributed by atoms with Crippen LogP contribution in [-0.2, 0) is 10.0 Å². The second-order valence-corrected chi connectivity index (χ2v) is 9.21. The van der Waals surface area contributed by atoms with E-state index in [0.29, 0.717) is 16.8 Å². The number of benzene rings is 3. The van der Waals surface area contributed by atoms with Gasteiger partial charge in [0.2, 0.25) is 0 Å². The summed E-state index contributed by atoms with van der Waals surface area (Å²) in [5.41, 5.74) is 4.42. The number of amides is 1. The quantitative estimate of drug-likeness (QED) is 0.593. The average Bonchev–Trinajstić information content (AvgIpc) is 2.68. The molecule has 3 rings (SSSR count). The maximum atomic E-state index is 12.9. The monoisotopic (exact) mass is 422 g/mol. The molecule has 0 aliphatic heterocycles. The van der Waals surface area contributed by atoms with Gasteiger partial charge in [-0.15, -0.1) is 0 Å². The molecule has 0 aromatic heterocycles. The molecule has 3 aromatic rings. The van der Waals surface area contributed by atoms with Gasteiger partial charge in [-0.25, -0.2) is 8.42 Å². The Hall–Kier alpha value is -3.12. The zero-order chi connectivity index (χ0) is 21.9. The van der Waals surface area contributed by atoms with Crippen molar-refractivity contribution in [2.45, 2.75) is 38.6 Å². The zero-order valence-electron chi connectivity index (χ0n) is 17.6. The Morgan fingerprint density at radius 2 is 1.57 bits per heavy atom. The van der Waals surface area contributed by atoms with Crippen molar-refractivity contribution in [2.75, 3.05) is 4.72 Å². The van der Waals surface area contributed by atoms with Gasteiger partial charge in [-0.2, -0.15) is 0 Å². The minimum Gasteiger partial charge on any atom is -0.346 e. The van der Waals surface area contributed by atoms with Crippen molar-refractivity contribution >= 4 is 21.6 Å². The zero-order valence-corrected chi connectivity index (χ0v) is 18.4. The van der Waals surface area contributed by atoms with E-state index in [9.17, 15) is 13.2 Å². The predicted molar refractivity (Wildman–Crippen MR) is 120 cm³/mol. The van der Waals surface area contributed by atoms with Crippen molar-refractivity contribution in [3.8, 4) is 0 Å². The van der Waals surface area contributed by atoms with Crippen molar-refractivity contribution in [3.63, 3.8) is 0 Å². The Kier molecular flexibility index (Phi) is 6.27. The molecule has 6 heteroatoms. The van der Waals surface area contributed by atoms with Crippen LogP contribution < -0.4 is 10.0 Å². The highest BCUT2D eigenvalue weighted by Crippen LogP contribution is 2.22. The molecule has 0 saturated heterocycles. The van der Waals surface area contributed by atoms with E-state index in [1.807, 2.05) is 51.1 Å². The van der Waals surface area contributed by atoms with Gasteiger partial charge in [-0.3, -0.25) is 9.52 Å². The van der Waals surface area contributed by atoms with Crippen LogP contribution >= 0.6 is 0 Å². The Labute approximate surface area is 178 Å². The molecule has 0 aliphatic carbocycles. The number of hydrogen-bond acceptors (Lipinski definition) is 3. The summed E-state index contributed by atoms with van der Waals surface area (Å²) in [4.78, 5) is 12.8. The molecule has 0 unspecified atom stereocenters. The number of carbonyl (C=O) groups is 1. The summed E-state index contributed by atoms with van der Waals surface area (Å²) in [7, 11) is -3.83. The molecule has 0 saturated carbocycles. The summed E-state index contributed by atoms with van der Waals surface area (Å²) < 4.78 is 28.5. The van der Waals surface area contributed by atoms with Crippen LogP contribution in [0, 0.1) is 20.8 Å². The molecule has 0 fully saturated rings. The van der Waals surface area contributed by atoms with Crippen molar-refractivity contribution in [1.29, 1.82) is 0 Å². The van der Waals surface area contributed by atoms with Crippen LogP contribution in [0.2, 0.25) is 0 Å². The molecule has 156 valence electrons. The molecule has 2 N–H and O–H groups in total. The minimum absolute atomic E-state index is 0.0830. The van der Waals surface area contributed by atoms with Crippen molar-refractivity contribution in [1.82, 2.24) is 5.32 Å². The minimum atomic E-state index is -3.83. The van der Waals surface area contributed by atoms with Crippen LogP contribution in [0.4, 0.5) is 5.69 Å². The molecule has 0 aliphatic rings. The topological polar surface area (TPSA) is 75.3 Å². The van der Waals surface area contributed by atoms with Crippen LogP contribution in [-0.4, -0.2) is 14.3 Å². The Bertz CT molecular complexity index is 1170. The fourth-order valence-electron chi connectivity index (χ4n) is 3.17. The molecule has 0 radical (unpaired) electrons. The van der Waals surface area contributed by atoms with Gasteiger partial charge in [0.1, 0.15) is 0 Å². The van der Waals surface area contributed by atoms with Gasteiger partial charge in [0.25, 0.3) is 15.9 Å². The summed E-state index contributed by atoms with van der Waals surface area (Å²) in [6, 6.07) is 19.6. The van der Waals surface area contributed by atoms with Crippen LogP contribution in [0.15, 0.2) is 71.6 Å². The Morgan fingerprint density at radius 3 is 2.23 bits per heavy atom. The second kappa shape index (κ2) is 8.71. The van der Waals surface area contributed by atoms with Crippen LogP contribution in [0.3, 0.4) is 0 Å². The van der Waals surface area contributed by atoms with E-state index in [4.69, 9.17) is 0 Å². The highest BCUT2D eigenvalue weighted by Gasteiger charge is 2.20. The van der Waals surface area contributed by atoms with E-state index in [0.717, 1.165) is 16.7 Å². The molecule has 1 amide bonds. The highest BCUT2D eigenvalue weighted by atomic mass is 32.2. The fourth-order valence-corrected chi connectivity index (χ4v) is 4.49. The first-order valence-electron chi connectivity index (χ1n) is 9.73. The van der Waals surface area contributed by atoms with Gasteiger partial charge in [0.15, 0.2) is 0 Å². The lowest BCUT2D eigenvalue weighted by Gasteiger charge is -2.16. The third-order valence-electron chi connectivity index (χ3n) is 4.94. The first-order chi connectivity index (χ1) is 14.2. The summed E-state index contributed by atoms with van der Waals surface area (Å²) in [5.74, 6) is -0.324. The molecule has 5 nitrogen and oxygen atoms in total. The van der Waals surface area contributed by atoms with Crippen LogP contribution in [0.5, 0.6) is 0 Å². The number of anilines is 1. The van der Waals surface area contributed by atoms with Gasteiger partial charge in [0.05, 0.1) is 10.9 Å². The smallest absolute Gasteiger partial charge is 0.262 e. The van der Waals surface area contributed by atoms with Crippen molar-refractivity contribution < 1.29 is 13.2 Å². The molecule has 0 heterocycles. The lowest BCUT2D eigenvalue weighted by molar-refractivity contribution is 0.0939. The number of rotatable bonds is 6. The third kappa shape index (κ3) is 5.07. The van der Waals surface area contributed by atoms with Gasteiger partial charge in [-0.05, 0) is 68.7 Å². The normalized spacial score (nSPS) is 12.3. The summed E-state index contributed by atoms with van der Waals surface area (Å²) in [5, 5.41) is 2.93. The SMILES string of the molecule is Cc1ccc([C@H](C)NC(=O)c2ccc(C)c(S(=O)(=O)Nc3cccc(C)c3)c2)cc1. The van der Waals surface area contributed by atoms with Crippen LogP contribution in [0.1, 0.15) is 45.6 Å². The van der Waals surface area contributed by atoms with E-state index >= 15 is 0 Å². The largest absolute Gasteiger partial charge is 0.346 e. The lowest BCUT2D eigenvalue weighted by atomic mass is 10.1. The van der Waals surface area contributed by atoms with E-state index in [2.05, 4.69) is 10.0 Å². The molecular formula is C24H26N2O3S. The maximum absolute atomic E-state index is 12.9. The summed E-state index contributed by atoms with van der Waals surface area (Å²) >= 11 is 0. The third-order valence-corrected chi connectivity index (χ3v) is 6.46. The fraction of sp³-hybridized carbons (Fsp3) is 0.208. The molecule has 1 atom stereocenters. The Balaban J connectivity index is 1.83. The van der Waals surface area contributed by atoms with Gasteiger partial charge in [0, 0.05) is 11.3 Å². The first kappa shape index (κ1) is 21.6. The van der Waals surface area contributed by atoms with Crippen molar-refractivity contribution in [3.05, 3.63) is 94.5 Å². The number of sulfonamides is 1. The van der Waals surface area contributed by atoms with Gasteiger partial charge in [-0.1, -0.05) is 48.0 Å². The predicted octanol–water partition coefficient (Wildman–Crippen LogP) is 4.90. The Morgan fingerprint density at radius 1 is 0.867 bits per heavy atom. The lowest BCUT2D eigenvalue weighted by Crippen LogP contribution is -2.27. The number of hydrogen-bond donors (Lipinski definition) is 2. The first-order valence-corrected chi connectivity index (χ1v) is 11.2. The molecule has 0 spiro atoms. The highest BCUT2D eigenvalue weighted by molar-refractivity contribution is 7.92. The van der Waals surface area contributed by atoms with E-state index in [1.165, 1.54) is 6.07 Å². The number of aryl methyl sites for hydroxylation is 3. The summed E-state index contributed by atoms with van der Waals surface area (Å²) in [6.45, 7) is 7.50. The molecular weight excluding hydrogens is 396 g/mol. The second-order valence-electron chi connectivity index (χ2n) is 7.56. The van der Waals surface area contributed by atoms with Gasteiger partial charge >= 0.3 is 0 Å².